The molecule has 0 heterocycles. The predicted molar refractivity (Wildman–Crippen MR) is 79.7 cm³/mol. The van der Waals surface area contributed by atoms with Crippen molar-refractivity contribution in [1.82, 2.24) is 5.32 Å². The standard InChI is InChI=1S/C16H25NO3/c1-11(2)15(16(18)19-5)17-10-13-7-6-8-14(9-13)20-12(3)4/h6-9,11-12,15,17H,10H2,1-5H3. The SMILES string of the molecule is COC(=O)C(NCc1cccc(OC(C)C)c1)C(C)C. The Bertz CT molecular complexity index is 429. The van der Waals surface area contributed by atoms with E-state index in [0.29, 0.717) is 6.54 Å². The lowest BCUT2D eigenvalue weighted by Crippen LogP contribution is -2.41. The van der Waals surface area contributed by atoms with Crippen molar-refractivity contribution in [3.05, 3.63) is 29.8 Å². The van der Waals surface area contributed by atoms with E-state index >= 15 is 0 Å². The minimum absolute atomic E-state index is 0.150. The number of ether oxygens (including phenoxy) is 2. The second-order valence-corrected chi connectivity index (χ2v) is 5.44. The maximum absolute atomic E-state index is 11.7. The van der Waals surface area contributed by atoms with Crippen molar-refractivity contribution in [2.45, 2.75) is 46.4 Å². The first-order valence-electron chi connectivity index (χ1n) is 7.00. The first-order valence-corrected chi connectivity index (χ1v) is 7.00. The summed E-state index contributed by atoms with van der Waals surface area (Å²) in [6.07, 6.45) is 0.150. The molecule has 1 atom stereocenters. The van der Waals surface area contributed by atoms with Crippen molar-refractivity contribution in [3.8, 4) is 5.75 Å². The summed E-state index contributed by atoms with van der Waals surface area (Å²) in [5.41, 5.74) is 1.08. The van der Waals surface area contributed by atoms with Gasteiger partial charge in [-0.2, -0.15) is 0 Å². The first-order chi connectivity index (χ1) is 9.43. The fourth-order valence-corrected chi connectivity index (χ4v) is 1.95. The predicted octanol–water partition coefficient (Wildman–Crippen LogP) is 2.76. The fraction of sp³-hybridized carbons (Fsp3) is 0.562. The molecule has 4 heteroatoms. The smallest absolute Gasteiger partial charge is 0.323 e. The number of carbonyl (C=O) groups is 1. The van der Waals surface area contributed by atoms with Gasteiger partial charge in [-0.25, -0.2) is 0 Å². The Kier molecular flexibility index (Phi) is 6.52. The maximum Gasteiger partial charge on any atom is 0.323 e. The molecule has 112 valence electrons. The zero-order valence-corrected chi connectivity index (χ0v) is 13.0. The van der Waals surface area contributed by atoms with E-state index in [4.69, 9.17) is 9.47 Å². The molecular weight excluding hydrogens is 254 g/mol. The molecule has 1 aromatic rings. The molecule has 0 saturated carbocycles. The van der Waals surface area contributed by atoms with Crippen LogP contribution in [-0.2, 0) is 16.1 Å². The molecule has 0 amide bonds. The van der Waals surface area contributed by atoms with E-state index in [2.05, 4.69) is 5.32 Å². The third-order valence-electron chi connectivity index (χ3n) is 2.92. The van der Waals surface area contributed by atoms with Gasteiger partial charge in [0, 0.05) is 6.54 Å². The highest BCUT2D eigenvalue weighted by Crippen LogP contribution is 2.15. The Morgan fingerprint density at radius 3 is 2.50 bits per heavy atom. The number of hydrogen-bond acceptors (Lipinski definition) is 4. The van der Waals surface area contributed by atoms with Gasteiger partial charge in [-0.15, -0.1) is 0 Å². The summed E-state index contributed by atoms with van der Waals surface area (Å²) < 4.78 is 10.5. The molecule has 0 saturated heterocycles. The van der Waals surface area contributed by atoms with Crippen molar-refractivity contribution in [2.24, 2.45) is 5.92 Å². The molecule has 0 aliphatic heterocycles. The third-order valence-corrected chi connectivity index (χ3v) is 2.92. The molecular formula is C16H25NO3. The Morgan fingerprint density at radius 2 is 1.95 bits per heavy atom. The van der Waals surface area contributed by atoms with Crippen LogP contribution in [0.3, 0.4) is 0 Å². The molecule has 0 fully saturated rings. The van der Waals surface area contributed by atoms with Gasteiger partial charge < -0.3 is 14.8 Å². The van der Waals surface area contributed by atoms with Gasteiger partial charge in [0.2, 0.25) is 0 Å². The van der Waals surface area contributed by atoms with Crippen molar-refractivity contribution in [3.63, 3.8) is 0 Å². The lowest BCUT2D eigenvalue weighted by Gasteiger charge is -2.20. The molecule has 0 aliphatic carbocycles. The molecule has 0 bridgehead atoms. The van der Waals surface area contributed by atoms with E-state index in [1.54, 1.807) is 0 Å². The van der Waals surface area contributed by atoms with Crippen LogP contribution in [0.1, 0.15) is 33.3 Å². The minimum atomic E-state index is -0.297. The lowest BCUT2D eigenvalue weighted by atomic mass is 10.0. The lowest BCUT2D eigenvalue weighted by molar-refractivity contribution is -0.144. The molecule has 20 heavy (non-hydrogen) atoms. The van der Waals surface area contributed by atoms with Crippen LogP contribution in [0, 0.1) is 5.92 Å². The molecule has 1 aromatic carbocycles. The molecule has 1 unspecified atom stereocenters. The highest BCUT2D eigenvalue weighted by Gasteiger charge is 2.22. The summed E-state index contributed by atoms with van der Waals surface area (Å²) in [6.45, 7) is 8.58. The number of esters is 1. The summed E-state index contributed by atoms with van der Waals surface area (Å²) in [7, 11) is 1.41. The second kappa shape index (κ2) is 7.90. The number of carbonyl (C=O) groups excluding carboxylic acids is 1. The van der Waals surface area contributed by atoms with Gasteiger partial charge in [0.1, 0.15) is 11.8 Å². The molecule has 0 spiro atoms. The van der Waals surface area contributed by atoms with Gasteiger partial charge in [-0.05, 0) is 37.5 Å². The first kappa shape index (κ1) is 16.5. The number of hydrogen-bond donors (Lipinski definition) is 1. The Hall–Kier alpha value is -1.55. The molecule has 1 rings (SSSR count). The number of benzene rings is 1. The number of nitrogens with one attached hydrogen (secondary N) is 1. The average molecular weight is 279 g/mol. The van der Waals surface area contributed by atoms with Gasteiger partial charge >= 0.3 is 5.97 Å². The van der Waals surface area contributed by atoms with Gasteiger partial charge in [0.15, 0.2) is 0 Å². The fourth-order valence-electron chi connectivity index (χ4n) is 1.95. The zero-order chi connectivity index (χ0) is 15.1. The van der Waals surface area contributed by atoms with E-state index in [1.165, 1.54) is 7.11 Å². The summed E-state index contributed by atoms with van der Waals surface area (Å²) in [5, 5.41) is 3.24. The van der Waals surface area contributed by atoms with Gasteiger partial charge in [0.05, 0.1) is 13.2 Å². The maximum atomic E-state index is 11.7. The average Bonchev–Trinajstić information content (AvgIpc) is 2.37. The van der Waals surface area contributed by atoms with Crippen LogP contribution >= 0.6 is 0 Å². The Labute approximate surface area is 121 Å². The number of rotatable bonds is 7. The molecule has 0 aromatic heterocycles. The van der Waals surface area contributed by atoms with E-state index in [9.17, 15) is 4.79 Å². The highest BCUT2D eigenvalue weighted by atomic mass is 16.5. The summed E-state index contributed by atoms with van der Waals surface area (Å²) in [4.78, 5) is 11.7. The van der Waals surface area contributed by atoms with Crippen molar-refractivity contribution in [1.29, 1.82) is 0 Å². The number of methoxy groups -OCH3 is 1. The van der Waals surface area contributed by atoms with Crippen LogP contribution in [0.25, 0.3) is 0 Å². The molecule has 1 N–H and O–H groups in total. The minimum Gasteiger partial charge on any atom is -0.491 e. The van der Waals surface area contributed by atoms with Crippen LogP contribution in [-0.4, -0.2) is 25.2 Å². The summed E-state index contributed by atoms with van der Waals surface area (Å²) in [6, 6.07) is 7.59. The van der Waals surface area contributed by atoms with Crippen LogP contribution in [0.5, 0.6) is 5.75 Å². The van der Waals surface area contributed by atoms with Gasteiger partial charge in [0.25, 0.3) is 0 Å². The van der Waals surface area contributed by atoms with Gasteiger partial charge in [-0.3, -0.25) is 4.79 Å². The monoisotopic (exact) mass is 279 g/mol. The van der Waals surface area contributed by atoms with Crippen molar-refractivity contribution >= 4 is 5.97 Å². The molecule has 0 aliphatic rings. The van der Waals surface area contributed by atoms with E-state index in [0.717, 1.165) is 11.3 Å². The molecule has 4 nitrogen and oxygen atoms in total. The second-order valence-electron chi connectivity index (χ2n) is 5.44. The quantitative estimate of drug-likeness (QED) is 0.780. The van der Waals surface area contributed by atoms with Crippen LogP contribution in [0.15, 0.2) is 24.3 Å². The van der Waals surface area contributed by atoms with E-state index in [1.807, 2.05) is 52.0 Å². The summed E-state index contributed by atoms with van der Waals surface area (Å²) >= 11 is 0. The van der Waals surface area contributed by atoms with Gasteiger partial charge in [-0.1, -0.05) is 26.0 Å². The molecule has 0 radical (unpaired) electrons. The topological polar surface area (TPSA) is 47.6 Å². The zero-order valence-electron chi connectivity index (χ0n) is 13.0. The van der Waals surface area contributed by atoms with Crippen LogP contribution in [0.2, 0.25) is 0 Å². The van der Waals surface area contributed by atoms with Crippen molar-refractivity contribution < 1.29 is 14.3 Å². The highest BCUT2D eigenvalue weighted by molar-refractivity contribution is 5.75. The van der Waals surface area contributed by atoms with Crippen LogP contribution in [0.4, 0.5) is 0 Å². The Morgan fingerprint density at radius 1 is 1.25 bits per heavy atom. The largest absolute Gasteiger partial charge is 0.491 e. The van der Waals surface area contributed by atoms with E-state index in [-0.39, 0.29) is 24.0 Å². The normalized spacial score (nSPS) is 12.6. The third kappa shape index (κ3) is 5.21. The summed E-state index contributed by atoms with van der Waals surface area (Å²) in [5.74, 6) is 0.797. The van der Waals surface area contributed by atoms with Crippen molar-refractivity contribution in [2.75, 3.05) is 7.11 Å². The van der Waals surface area contributed by atoms with Crippen LogP contribution < -0.4 is 10.1 Å². The Balaban J connectivity index is 2.66. The van der Waals surface area contributed by atoms with E-state index < -0.39 is 0 Å².